The lowest BCUT2D eigenvalue weighted by atomic mass is 9.52. The Balaban J connectivity index is 1.44. The number of benzene rings is 1. The first-order chi connectivity index (χ1) is 12.8. The van der Waals surface area contributed by atoms with Gasteiger partial charge in [0.05, 0.1) is 11.4 Å². The lowest BCUT2D eigenvalue weighted by molar-refractivity contribution is -0.141. The minimum atomic E-state index is -0.280. The number of carbonyl (C=O) groups excluding carboxylic acids is 2. The van der Waals surface area contributed by atoms with Crippen molar-refractivity contribution >= 4 is 11.7 Å². The Bertz CT molecular complexity index is 826. The average Bonchev–Trinajstić information content (AvgIpc) is 3.07. The van der Waals surface area contributed by atoms with Crippen LogP contribution in [0.25, 0.3) is 5.69 Å². The average molecular weight is 371 g/mol. The van der Waals surface area contributed by atoms with E-state index < -0.39 is 0 Å². The Morgan fingerprint density at radius 3 is 2.59 bits per heavy atom. The van der Waals surface area contributed by atoms with Gasteiger partial charge in [-0.1, -0.05) is 13.8 Å². The number of Topliss-reactive ketones (excluding diaryl/α,β-unsaturated/α-hetero) is 1. The van der Waals surface area contributed by atoms with E-state index in [0.29, 0.717) is 19.4 Å². The van der Waals surface area contributed by atoms with Gasteiger partial charge < -0.3 is 5.32 Å². The van der Waals surface area contributed by atoms with Crippen molar-refractivity contribution in [3.05, 3.63) is 48.0 Å². The number of halogens is 1. The molecule has 1 amide bonds. The summed E-state index contributed by atoms with van der Waals surface area (Å²) in [5, 5.41) is 7.40. The van der Waals surface area contributed by atoms with E-state index in [1.165, 1.54) is 12.1 Å². The molecule has 1 aromatic heterocycles. The summed E-state index contributed by atoms with van der Waals surface area (Å²) < 4.78 is 14.7. The van der Waals surface area contributed by atoms with E-state index in [1.54, 1.807) is 23.7 Å². The zero-order valence-corrected chi connectivity index (χ0v) is 16.0. The van der Waals surface area contributed by atoms with Crippen molar-refractivity contribution in [3.63, 3.8) is 0 Å². The molecule has 0 bridgehead atoms. The standard InChI is InChI=1S/C21H26FN3O2/c1-14(26)19-12-15(21(19,2)3)13-20(27)23-10-8-17-9-11-25(24-17)18-6-4-16(22)5-7-18/h4-7,9,11,15,19H,8,10,12-13H2,1-3H3,(H,23,27)/t15-,19+/m1/s1. The second-order valence-corrected chi connectivity index (χ2v) is 7.95. The maximum Gasteiger partial charge on any atom is 0.220 e. The maximum absolute atomic E-state index is 13.0. The third kappa shape index (κ3) is 4.26. The molecule has 5 nitrogen and oxygen atoms in total. The summed E-state index contributed by atoms with van der Waals surface area (Å²) in [6, 6.07) is 8.03. The molecule has 1 aromatic carbocycles. The molecule has 1 N–H and O–H groups in total. The van der Waals surface area contributed by atoms with Crippen LogP contribution in [0.1, 0.15) is 39.3 Å². The Morgan fingerprint density at radius 1 is 1.26 bits per heavy atom. The van der Waals surface area contributed by atoms with Gasteiger partial charge in [-0.25, -0.2) is 9.07 Å². The molecular formula is C21H26FN3O2. The Hall–Kier alpha value is -2.50. The molecule has 1 saturated carbocycles. The van der Waals surface area contributed by atoms with Crippen LogP contribution in [0.2, 0.25) is 0 Å². The number of nitrogens with one attached hydrogen (secondary N) is 1. The molecule has 0 unspecified atom stereocenters. The monoisotopic (exact) mass is 371 g/mol. The highest BCUT2D eigenvalue weighted by Gasteiger charge is 2.50. The molecule has 0 saturated heterocycles. The smallest absolute Gasteiger partial charge is 0.220 e. The molecule has 27 heavy (non-hydrogen) atoms. The van der Waals surface area contributed by atoms with Crippen LogP contribution in [-0.4, -0.2) is 28.0 Å². The molecule has 1 aliphatic rings. The van der Waals surface area contributed by atoms with Gasteiger partial charge in [0.25, 0.3) is 0 Å². The first-order valence-electron chi connectivity index (χ1n) is 9.35. The molecule has 3 rings (SSSR count). The van der Waals surface area contributed by atoms with Crippen LogP contribution in [0.4, 0.5) is 4.39 Å². The van der Waals surface area contributed by atoms with Gasteiger partial charge in [-0.15, -0.1) is 0 Å². The number of ketones is 1. The highest BCUT2D eigenvalue weighted by molar-refractivity contribution is 5.81. The van der Waals surface area contributed by atoms with Crippen LogP contribution in [0, 0.1) is 23.1 Å². The highest BCUT2D eigenvalue weighted by Crippen LogP contribution is 2.53. The van der Waals surface area contributed by atoms with E-state index >= 15 is 0 Å². The summed E-state index contributed by atoms with van der Waals surface area (Å²) in [6.45, 7) is 6.29. The van der Waals surface area contributed by atoms with Crippen LogP contribution >= 0.6 is 0 Å². The SMILES string of the molecule is CC(=O)[C@@H]1C[C@H](CC(=O)NCCc2ccn(-c3ccc(F)cc3)n2)C1(C)C. The number of hydrogen-bond donors (Lipinski definition) is 1. The van der Waals surface area contributed by atoms with Crippen molar-refractivity contribution in [1.29, 1.82) is 0 Å². The molecule has 2 aromatic rings. The van der Waals surface area contributed by atoms with Crippen molar-refractivity contribution in [2.24, 2.45) is 17.3 Å². The lowest BCUT2D eigenvalue weighted by Gasteiger charge is -2.51. The van der Waals surface area contributed by atoms with Gasteiger partial charge in [-0.3, -0.25) is 9.59 Å². The zero-order valence-electron chi connectivity index (χ0n) is 16.0. The van der Waals surface area contributed by atoms with Crippen LogP contribution in [-0.2, 0) is 16.0 Å². The molecule has 0 aliphatic heterocycles. The Labute approximate surface area is 159 Å². The first kappa shape index (κ1) is 19.3. The highest BCUT2D eigenvalue weighted by atomic mass is 19.1. The van der Waals surface area contributed by atoms with Gasteiger partial charge in [0, 0.05) is 31.5 Å². The Morgan fingerprint density at radius 2 is 1.96 bits per heavy atom. The molecule has 1 heterocycles. The van der Waals surface area contributed by atoms with Gasteiger partial charge >= 0.3 is 0 Å². The van der Waals surface area contributed by atoms with Gasteiger partial charge in [-0.05, 0) is 55.0 Å². The molecule has 1 aliphatic carbocycles. The zero-order chi connectivity index (χ0) is 19.6. The first-order valence-corrected chi connectivity index (χ1v) is 9.35. The van der Waals surface area contributed by atoms with E-state index in [-0.39, 0.29) is 34.8 Å². The molecule has 0 spiro atoms. The topological polar surface area (TPSA) is 64.0 Å². The predicted octanol–water partition coefficient (Wildman–Crippen LogP) is 3.31. The fourth-order valence-corrected chi connectivity index (χ4v) is 3.91. The molecule has 2 atom stereocenters. The number of carbonyl (C=O) groups is 2. The van der Waals surface area contributed by atoms with Crippen molar-refractivity contribution in [2.75, 3.05) is 6.54 Å². The van der Waals surface area contributed by atoms with Crippen molar-refractivity contribution in [2.45, 2.75) is 40.0 Å². The third-order valence-electron chi connectivity index (χ3n) is 5.83. The molecule has 144 valence electrons. The normalized spacial score (nSPS) is 20.7. The van der Waals surface area contributed by atoms with Gasteiger partial charge in [0.15, 0.2) is 0 Å². The molecule has 0 radical (unpaired) electrons. The van der Waals surface area contributed by atoms with E-state index in [0.717, 1.165) is 17.8 Å². The summed E-state index contributed by atoms with van der Waals surface area (Å²) in [4.78, 5) is 23.8. The largest absolute Gasteiger partial charge is 0.356 e. The summed E-state index contributed by atoms with van der Waals surface area (Å²) in [6.07, 6.45) is 3.71. The number of amides is 1. The molecule has 1 fully saturated rings. The van der Waals surface area contributed by atoms with Crippen LogP contribution in [0.3, 0.4) is 0 Å². The number of aromatic nitrogens is 2. The lowest BCUT2D eigenvalue weighted by Crippen LogP contribution is -2.49. The second kappa shape index (κ2) is 7.62. The van der Waals surface area contributed by atoms with E-state index in [9.17, 15) is 14.0 Å². The Kier molecular flexibility index (Phi) is 5.44. The van der Waals surface area contributed by atoms with Gasteiger partial charge in [0.2, 0.25) is 5.91 Å². The third-order valence-corrected chi connectivity index (χ3v) is 5.83. The fraction of sp³-hybridized carbons (Fsp3) is 0.476. The van der Waals surface area contributed by atoms with Crippen LogP contribution in [0.15, 0.2) is 36.5 Å². The fourth-order valence-electron chi connectivity index (χ4n) is 3.91. The molecular weight excluding hydrogens is 345 g/mol. The summed E-state index contributed by atoms with van der Waals surface area (Å²) >= 11 is 0. The number of nitrogens with zero attached hydrogens (tertiary/aromatic N) is 2. The quantitative estimate of drug-likeness (QED) is 0.812. The predicted molar refractivity (Wildman–Crippen MR) is 101 cm³/mol. The van der Waals surface area contributed by atoms with Crippen molar-refractivity contribution in [3.8, 4) is 5.69 Å². The van der Waals surface area contributed by atoms with E-state index in [4.69, 9.17) is 0 Å². The maximum atomic E-state index is 13.0. The second-order valence-electron chi connectivity index (χ2n) is 7.95. The van der Waals surface area contributed by atoms with Gasteiger partial charge in [-0.2, -0.15) is 5.10 Å². The number of hydrogen-bond acceptors (Lipinski definition) is 3. The van der Waals surface area contributed by atoms with Crippen molar-refractivity contribution < 1.29 is 14.0 Å². The minimum absolute atomic E-state index is 0.0213. The van der Waals surface area contributed by atoms with Crippen LogP contribution in [0.5, 0.6) is 0 Å². The van der Waals surface area contributed by atoms with Crippen LogP contribution < -0.4 is 5.32 Å². The molecule has 6 heteroatoms. The summed E-state index contributed by atoms with van der Waals surface area (Å²) in [5.41, 5.74) is 1.55. The van der Waals surface area contributed by atoms with Gasteiger partial charge in [0.1, 0.15) is 11.6 Å². The minimum Gasteiger partial charge on any atom is -0.356 e. The van der Waals surface area contributed by atoms with Crippen molar-refractivity contribution in [1.82, 2.24) is 15.1 Å². The number of rotatable bonds is 7. The van der Waals surface area contributed by atoms with E-state index in [2.05, 4.69) is 24.3 Å². The van der Waals surface area contributed by atoms with E-state index in [1.807, 2.05) is 12.3 Å². The summed E-state index contributed by atoms with van der Waals surface area (Å²) in [7, 11) is 0. The summed E-state index contributed by atoms with van der Waals surface area (Å²) in [5.74, 6) is 0.286.